The number of piperidine rings is 1. The fourth-order valence-corrected chi connectivity index (χ4v) is 2.11. The molecule has 1 N–H and O–H groups in total. The van der Waals surface area contributed by atoms with Crippen LogP contribution in [0.4, 0.5) is 0 Å². The van der Waals surface area contributed by atoms with Crippen molar-refractivity contribution in [3.05, 3.63) is 0 Å². The second-order valence-electron chi connectivity index (χ2n) is 3.22. The largest absolute Gasteiger partial charge is 0.395 e. The van der Waals surface area contributed by atoms with Gasteiger partial charge in [0.15, 0.2) is 0 Å². The Labute approximate surface area is 55.5 Å². The van der Waals surface area contributed by atoms with Crippen molar-refractivity contribution in [1.29, 1.82) is 0 Å². The molecule has 52 valence electrons. The summed E-state index contributed by atoms with van der Waals surface area (Å²) in [6.07, 6.45) is 2.62. The highest BCUT2D eigenvalue weighted by atomic mass is 16.3. The van der Waals surface area contributed by atoms with Gasteiger partial charge >= 0.3 is 0 Å². The van der Waals surface area contributed by atoms with E-state index in [2.05, 4.69) is 4.90 Å². The van der Waals surface area contributed by atoms with Gasteiger partial charge in [-0.15, -0.1) is 0 Å². The standard InChI is InChI=1S/C7H13NO/c9-5-7-3-6-1-2-8(7)4-6/h6-7,9H,1-5H2/t6-,7+/m1/s1. The van der Waals surface area contributed by atoms with E-state index in [1.165, 1.54) is 25.9 Å². The molecular weight excluding hydrogens is 114 g/mol. The van der Waals surface area contributed by atoms with Crippen LogP contribution in [0.3, 0.4) is 0 Å². The maximum absolute atomic E-state index is 8.85. The summed E-state index contributed by atoms with van der Waals surface area (Å²) in [5.74, 6) is 0.919. The third kappa shape index (κ3) is 0.775. The first-order valence-electron chi connectivity index (χ1n) is 3.75. The third-order valence-corrected chi connectivity index (χ3v) is 2.65. The molecular formula is C7H13NO. The Morgan fingerprint density at radius 1 is 1.56 bits per heavy atom. The average Bonchev–Trinajstić information content (AvgIpc) is 2.45. The van der Waals surface area contributed by atoms with Gasteiger partial charge in [-0.05, 0) is 25.3 Å². The van der Waals surface area contributed by atoms with Gasteiger partial charge in [-0.3, -0.25) is 4.90 Å². The van der Waals surface area contributed by atoms with Crippen molar-refractivity contribution in [2.24, 2.45) is 5.92 Å². The number of rotatable bonds is 1. The molecule has 2 aliphatic heterocycles. The topological polar surface area (TPSA) is 23.5 Å². The van der Waals surface area contributed by atoms with Crippen LogP contribution >= 0.6 is 0 Å². The molecule has 2 rings (SSSR count). The third-order valence-electron chi connectivity index (χ3n) is 2.65. The van der Waals surface area contributed by atoms with Gasteiger partial charge in [-0.25, -0.2) is 0 Å². The molecule has 1 unspecified atom stereocenters. The van der Waals surface area contributed by atoms with E-state index in [0.29, 0.717) is 12.6 Å². The van der Waals surface area contributed by atoms with Crippen LogP contribution in [0.25, 0.3) is 0 Å². The van der Waals surface area contributed by atoms with Gasteiger partial charge in [-0.2, -0.15) is 0 Å². The minimum absolute atomic E-state index is 0.372. The lowest BCUT2D eigenvalue weighted by atomic mass is 10.0. The number of aliphatic hydroxyl groups is 1. The van der Waals surface area contributed by atoms with Crippen LogP contribution in [-0.4, -0.2) is 35.7 Å². The predicted octanol–water partition coefficient (Wildman–Crippen LogP) is 0.0729. The number of hydrogen-bond donors (Lipinski definition) is 1. The minimum atomic E-state index is 0.372. The molecule has 2 saturated heterocycles. The Bertz CT molecular complexity index is 115. The maximum atomic E-state index is 8.85. The zero-order chi connectivity index (χ0) is 6.27. The molecule has 2 fully saturated rings. The Morgan fingerprint density at radius 2 is 2.44 bits per heavy atom. The molecule has 0 aromatic carbocycles. The highest BCUT2D eigenvalue weighted by Gasteiger charge is 2.36. The first-order chi connectivity index (χ1) is 4.40. The Morgan fingerprint density at radius 3 is 2.78 bits per heavy atom. The van der Waals surface area contributed by atoms with Crippen molar-refractivity contribution in [2.45, 2.75) is 18.9 Å². The number of nitrogens with zero attached hydrogens (tertiary/aromatic N) is 1. The maximum Gasteiger partial charge on any atom is 0.0586 e. The highest BCUT2D eigenvalue weighted by molar-refractivity contribution is 4.90. The van der Waals surface area contributed by atoms with Gasteiger partial charge in [0.2, 0.25) is 0 Å². The molecule has 0 aromatic heterocycles. The van der Waals surface area contributed by atoms with Crippen LogP contribution in [0.15, 0.2) is 0 Å². The zero-order valence-corrected chi connectivity index (χ0v) is 5.58. The first-order valence-corrected chi connectivity index (χ1v) is 3.75. The molecule has 0 aliphatic carbocycles. The molecule has 0 amide bonds. The molecule has 0 radical (unpaired) electrons. The smallest absolute Gasteiger partial charge is 0.0586 e. The first kappa shape index (κ1) is 5.69. The summed E-state index contributed by atoms with van der Waals surface area (Å²) in [6.45, 7) is 2.86. The normalized spacial score (nSPS) is 48.3. The highest BCUT2D eigenvalue weighted by Crippen LogP contribution is 2.31. The summed E-state index contributed by atoms with van der Waals surface area (Å²) in [5, 5.41) is 8.85. The predicted molar refractivity (Wildman–Crippen MR) is 35.2 cm³/mol. The average molecular weight is 127 g/mol. The molecule has 2 bridgehead atoms. The Balaban J connectivity index is 2.01. The van der Waals surface area contributed by atoms with Gasteiger partial charge in [0.05, 0.1) is 6.61 Å². The van der Waals surface area contributed by atoms with Crippen molar-refractivity contribution < 1.29 is 5.11 Å². The molecule has 9 heavy (non-hydrogen) atoms. The molecule has 0 saturated carbocycles. The monoisotopic (exact) mass is 127 g/mol. The van der Waals surface area contributed by atoms with Crippen LogP contribution in [-0.2, 0) is 0 Å². The SMILES string of the molecule is OC[C@@H]1C[C@H]2CCN1C2. The quantitative estimate of drug-likeness (QED) is 0.539. The Hall–Kier alpha value is -0.0800. The lowest BCUT2D eigenvalue weighted by molar-refractivity contribution is 0.157. The molecule has 2 aliphatic rings. The van der Waals surface area contributed by atoms with E-state index in [0.717, 1.165) is 5.92 Å². The summed E-state index contributed by atoms with van der Waals surface area (Å²) in [5.41, 5.74) is 0. The van der Waals surface area contributed by atoms with Crippen LogP contribution < -0.4 is 0 Å². The fourth-order valence-electron chi connectivity index (χ4n) is 2.11. The van der Waals surface area contributed by atoms with Crippen molar-refractivity contribution >= 4 is 0 Å². The van der Waals surface area contributed by atoms with Crippen molar-refractivity contribution in [3.8, 4) is 0 Å². The summed E-state index contributed by atoms with van der Waals surface area (Å²) >= 11 is 0. The Kier molecular flexibility index (Phi) is 1.24. The number of hydrogen-bond acceptors (Lipinski definition) is 2. The van der Waals surface area contributed by atoms with E-state index in [1.54, 1.807) is 0 Å². The number of aliphatic hydroxyl groups excluding tert-OH is 1. The van der Waals surface area contributed by atoms with E-state index in [4.69, 9.17) is 5.11 Å². The van der Waals surface area contributed by atoms with Gasteiger partial charge in [0.1, 0.15) is 0 Å². The van der Waals surface area contributed by atoms with Gasteiger partial charge < -0.3 is 5.11 Å². The molecule has 2 heterocycles. The van der Waals surface area contributed by atoms with Crippen LogP contribution in [0.2, 0.25) is 0 Å². The minimum Gasteiger partial charge on any atom is -0.395 e. The fraction of sp³-hybridized carbons (Fsp3) is 1.00. The van der Waals surface area contributed by atoms with Crippen molar-refractivity contribution in [3.63, 3.8) is 0 Å². The molecule has 0 spiro atoms. The van der Waals surface area contributed by atoms with Crippen LogP contribution in [0, 0.1) is 5.92 Å². The van der Waals surface area contributed by atoms with Gasteiger partial charge in [-0.1, -0.05) is 0 Å². The molecule has 0 aromatic rings. The van der Waals surface area contributed by atoms with Crippen molar-refractivity contribution in [1.82, 2.24) is 4.90 Å². The van der Waals surface area contributed by atoms with E-state index >= 15 is 0 Å². The van der Waals surface area contributed by atoms with Crippen molar-refractivity contribution in [2.75, 3.05) is 19.7 Å². The summed E-state index contributed by atoms with van der Waals surface area (Å²) in [7, 11) is 0. The zero-order valence-electron chi connectivity index (χ0n) is 5.58. The lowest BCUT2D eigenvalue weighted by Gasteiger charge is -2.21. The van der Waals surface area contributed by atoms with Crippen LogP contribution in [0.5, 0.6) is 0 Å². The van der Waals surface area contributed by atoms with Gasteiger partial charge in [0, 0.05) is 12.6 Å². The summed E-state index contributed by atoms with van der Waals surface area (Å²) < 4.78 is 0. The second-order valence-corrected chi connectivity index (χ2v) is 3.22. The summed E-state index contributed by atoms with van der Waals surface area (Å²) in [6, 6.07) is 0.517. The van der Waals surface area contributed by atoms with Gasteiger partial charge in [0.25, 0.3) is 0 Å². The van der Waals surface area contributed by atoms with E-state index in [1.807, 2.05) is 0 Å². The molecule has 2 heteroatoms. The molecule has 2 nitrogen and oxygen atoms in total. The van der Waals surface area contributed by atoms with E-state index in [9.17, 15) is 0 Å². The second kappa shape index (κ2) is 1.96. The van der Waals surface area contributed by atoms with Crippen LogP contribution in [0.1, 0.15) is 12.8 Å². The lowest BCUT2D eigenvalue weighted by Crippen LogP contribution is -2.32. The number of fused-ring (bicyclic) bond motifs is 2. The molecule has 3 atom stereocenters. The van der Waals surface area contributed by atoms with E-state index in [-0.39, 0.29) is 0 Å². The summed E-state index contributed by atoms with van der Waals surface area (Å²) in [4.78, 5) is 2.41. The van der Waals surface area contributed by atoms with E-state index < -0.39 is 0 Å².